The number of likely N-dealkylation sites (tertiary alicyclic amines) is 1. The second-order valence-electron chi connectivity index (χ2n) is 8.85. The molecule has 1 saturated heterocycles. The van der Waals surface area contributed by atoms with Crippen molar-refractivity contribution in [2.45, 2.75) is 57.6 Å². The topological polar surface area (TPSA) is 195 Å². The molecule has 0 aromatic carbocycles. The molecule has 2 aromatic rings. The van der Waals surface area contributed by atoms with Gasteiger partial charge in [-0.15, -0.1) is 0 Å². The van der Waals surface area contributed by atoms with Crippen LogP contribution < -0.4 is 5.11 Å². The molecule has 1 fully saturated rings. The Bertz CT molecular complexity index is 1030. The van der Waals surface area contributed by atoms with Gasteiger partial charge in [-0.2, -0.15) is 0 Å². The van der Waals surface area contributed by atoms with Gasteiger partial charge in [-0.05, 0) is 44.5 Å². The Balaban J connectivity index is 0. The molecule has 41 heavy (non-hydrogen) atoms. The van der Waals surface area contributed by atoms with E-state index < -0.39 is 13.1 Å². The summed E-state index contributed by atoms with van der Waals surface area (Å²) in [6.07, 6.45) is 11.5. The van der Waals surface area contributed by atoms with Crippen LogP contribution >= 0.6 is 0 Å². The van der Waals surface area contributed by atoms with Gasteiger partial charge in [-0.1, -0.05) is 6.42 Å². The fraction of sp³-hybridized carbons (Fsp3) is 0.560. The summed E-state index contributed by atoms with van der Waals surface area (Å²) in [5.74, 6) is 0.760. The van der Waals surface area contributed by atoms with Gasteiger partial charge in [0.2, 0.25) is 5.91 Å². The van der Waals surface area contributed by atoms with Crippen molar-refractivity contribution in [1.82, 2.24) is 28.9 Å². The van der Waals surface area contributed by atoms with E-state index in [9.17, 15) is 19.9 Å². The van der Waals surface area contributed by atoms with Gasteiger partial charge in [-0.25, -0.2) is 9.97 Å². The van der Waals surface area contributed by atoms with Crippen LogP contribution in [-0.4, -0.2) is 83.4 Å². The number of amides is 1. The molecule has 223 valence electrons. The predicted molar refractivity (Wildman–Crippen MR) is 138 cm³/mol. The molecule has 1 radical (unpaired) electrons. The minimum Gasteiger partial charge on any atom is 0 e. The van der Waals surface area contributed by atoms with Crippen LogP contribution in [0.5, 0.6) is 0 Å². The van der Waals surface area contributed by atoms with Crippen molar-refractivity contribution < 1.29 is 54.3 Å². The van der Waals surface area contributed by atoms with Crippen molar-refractivity contribution in [2.24, 2.45) is 19.1 Å². The van der Waals surface area contributed by atoms with E-state index in [0.29, 0.717) is 38.9 Å². The monoisotopic (exact) mass is 743 g/mol. The Hall–Kier alpha value is -2.81. The predicted octanol–water partition coefficient (Wildman–Crippen LogP) is -0.637. The number of carbonyl (C=O) groups excluding carboxylic acids is 1. The zero-order chi connectivity index (χ0) is 30.5. The van der Waals surface area contributed by atoms with E-state index in [4.69, 9.17) is 14.0 Å². The summed E-state index contributed by atoms with van der Waals surface area (Å²) in [5, 5.41) is 30.9. The van der Waals surface area contributed by atoms with Crippen LogP contribution in [0.1, 0.15) is 50.2 Å². The van der Waals surface area contributed by atoms with Crippen LogP contribution in [0.3, 0.4) is 0 Å². The number of aromatic nitrogens is 4. The molecule has 3 heterocycles. The number of rotatable bonds is 13. The van der Waals surface area contributed by atoms with Gasteiger partial charge >= 0.3 is 41.0 Å². The molecule has 16 heteroatoms. The number of aryl methyl sites for hydroxylation is 2. The Morgan fingerprint density at radius 2 is 1.59 bits per heavy atom. The van der Waals surface area contributed by atoms with E-state index in [-0.39, 0.29) is 38.8 Å². The third-order valence-electron chi connectivity index (χ3n) is 6.29. The molecule has 3 rings (SSSR count). The quantitative estimate of drug-likeness (QED) is 0.0681. The van der Waals surface area contributed by atoms with Crippen LogP contribution in [0.4, 0.5) is 0 Å². The molecule has 0 spiro atoms. The van der Waals surface area contributed by atoms with Gasteiger partial charge in [-0.3, -0.25) is 14.7 Å². The first-order valence-electron chi connectivity index (χ1n) is 12.5. The SMILES string of the molecule is Cn1ccnc1CN(CCCCCC([O-])=NCC(=O)N1CCCC1B(O)O)Cc1nccn1C.[C-]#[O+].[C-]#[O+].[C-]#[O+].[Re]. The molecule has 1 unspecified atom stereocenters. The molecule has 1 atom stereocenters. The third kappa shape index (κ3) is 14.6. The Labute approximate surface area is 254 Å². The van der Waals surface area contributed by atoms with Gasteiger partial charge in [0.05, 0.1) is 19.0 Å². The maximum Gasteiger partial charge on any atom is 0 e. The molecular weight excluding hydrogens is 707 g/mol. The zero-order valence-electron chi connectivity index (χ0n) is 23.2. The molecule has 14 nitrogen and oxygen atoms in total. The van der Waals surface area contributed by atoms with E-state index in [1.165, 1.54) is 4.90 Å². The first kappa shape index (κ1) is 40.3. The minimum atomic E-state index is -1.56. The second kappa shape index (κ2) is 23.8. The average Bonchev–Trinajstić information content (AvgIpc) is 3.72. The van der Waals surface area contributed by atoms with Crippen molar-refractivity contribution in [3.63, 3.8) is 0 Å². The van der Waals surface area contributed by atoms with E-state index in [1.807, 2.05) is 35.6 Å². The van der Waals surface area contributed by atoms with Crippen molar-refractivity contribution in [3.8, 4) is 0 Å². The van der Waals surface area contributed by atoms with Gasteiger partial charge in [0.25, 0.3) is 0 Å². The largest absolute Gasteiger partial charge is 0 e. The smallest absolute Gasteiger partial charge is 0 e. The van der Waals surface area contributed by atoms with Crippen molar-refractivity contribution in [2.75, 3.05) is 19.6 Å². The van der Waals surface area contributed by atoms with Gasteiger partial charge in [0.15, 0.2) is 0 Å². The number of aliphatic imine (C=N–C) groups is 1. The number of carbonyl (C=O) groups is 1. The standard InChI is InChI=1S/C22H36BN7O4.3CO.Re/c1-27-13-9-24-19(27)16-29(17-20-25-10-14-28(20)2)11-5-3-4-8-21(31)26-15-22(32)30-12-6-7-18(30)23(33)34;3*1-2;/h9-10,13-14,18,33-34H,3-8,11-12,15-17H2,1-2H3,(H,26,31);;;;/p-1. The molecule has 2 aromatic heterocycles. The minimum absolute atomic E-state index is 0. The Kier molecular flexibility index (Phi) is 23.5. The molecular formula is C25H35BN7O7Re-. The van der Waals surface area contributed by atoms with Gasteiger partial charge in [0, 0.05) is 65.9 Å². The molecule has 0 saturated carbocycles. The first-order valence-corrected chi connectivity index (χ1v) is 12.5. The summed E-state index contributed by atoms with van der Waals surface area (Å²) in [5.41, 5.74) is 0. The van der Waals surface area contributed by atoms with Gasteiger partial charge in [0.1, 0.15) is 18.2 Å². The summed E-state index contributed by atoms with van der Waals surface area (Å²) in [6, 6.07) is 0. The first-order chi connectivity index (χ1) is 19.3. The molecule has 1 amide bonds. The number of nitrogens with zero attached hydrogens (tertiary/aromatic N) is 7. The molecule has 2 N–H and O–H groups in total. The Morgan fingerprint density at radius 3 is 2.05 bits per heavy atom. The number of unbranched alkanes of at least 4 members (excludes halogenated alkanes) is 2. The van der Waals surface area contributed by atoms with E-state index in [1.54, 1.807) is 12.4 Å². The fourth-order valence-corrected chi connectivity index (χ4v) is 4.24. The normalized spacial score (nSPS) is 13.9. The number of hydrogen-bond acceptors (Lipinski definition) is 8. The van der Waals surface area contributed by atoms with E-state index >= 15 is 0 Å². The average molecular weight is 743 g/mol. The number of hydrogen-bond donors (Lipinski definition) is 2. The number of imidazole rings is 2. The van der Waals surface area contributed by atoms with Crippen LogP contribution in [-0.2, 0) is 66.4 Å². The van der Waals surface area contributed by atoms with E-state index in [0.717, 1.165) is 37.5 Å². The summed E-state index contributed by atoms with van der Waals surface area (Å²) < 4.78 is 26.5. The van der Waals surface area contributed by atoms with Crippen LogP contribution in [0.25, 0.3) is 0 Å². The van der Waals surface area contributed by atoms with Gasteiger partial charge < -0.3 is 29.2 Å². The maximum atomic E-state index is 12.3. The second-order valence-corrected chi connectivity index (χ2v) is 8.85. The molecule has 0 bridgehead atoms. The fourth-order valence-electron chi connectivity index (χ4n) is 4.24. The summed E-state index contributed by atoms with van der Waals surface area (Å²) in [7, 11) is 2.41. The van der Waals surface area contributed by atoms with Crippen molar-refractivity contribution >= 4 is 18.9 Å². The van der Waals surface area contributed by atoms with Crippen molar-refractivity contribution in [3.05, 3.63) is 56.4 Å². The zero-order valence-corrected chi connectivity index (χ0v) is 25.9. The maximum absolute atomic E-state index is 12.3. The summed E-state index contributed by atoms with van der Waals surface area (Å²) >= 11 is 0. The van der Waals surface area contributed by atoms with Crippen LogP contribution in [0, 0.1) is 20.0 Å². The summed E-state index contributed by atoms with van der Waals surface area (Å²) in [4.78, 5) is 28.7. The molecule has 1 aliphatic heterocycles. The summed E-state index contributed by atoms with van der Waals surface area (Å²) in [6.45, 7) is 16.0. The Morgan fingerprint density at radius 1 is 1.05 bits per heavy atom. The molecule has 0 aliphatic carbocycles. The third-order valence-corrected chi connectivity index (χ3v) is 6.29. The van der Waals surface area contributed by atoms with E-state index in [2.05, 4.69) is 39.8 Å². The molecule has 1 aliphatic rings. The van der Waals surface area contributed by atoms with Crippen LogP contribution in [0.15, 0.2) is 29.8 Å². The van der Waals surface area contributed by atoms with Crippen molar-refractivity contribution in [1.29, 1.82) is 0 Å². The van der Waals surface area contributed by atoms with Crippen LogP contribution in [0.2, 0.25) is 0 Å².